The highest BCUT2D eigenvalue weighted by Crippen LogP contribution is 2.08. The summed E-state index contributed by atoms with van der Waals surface area (Å²) in [7, 11) is 0. The van der Waals surface area contributed by atoms with Gasteiger partial charge in [-0.25, -0.2) is 0 Å². The highest BCUT2D eigenvalue weighted by molar-refractivity contribution is 5.94. The van der Waals surface area contributed by atoms with Crippen LogP contribution in [0.1, 0.15) is 34.1 Å². The number of hydrogen-bond acceptors (Lipinski definition) is 1. The first-order valence-electron chi connectivity index (χ1n) is 5.55. The first-order chi connectivity index (χ1) is 6.51. The Balaban J connectivity index is 4.19. The van der Waals surface area contributed by atoms with E-state index in [9.17, 15) is 4.79 Å². The Hall–Kier alpha value is -0.630. The topological polar surface area (TPSA) is 17.1 Å². The van der Waals surface area contributed by atoms with E-state index in [-0.39, 0.29) is 5.78 Å². The van der Waals surface area contributed by atoms with Crippen molar-refractivity contribution < 1.29 is 9.28 Å². The Labute approximate surface area is 88.2 Å². The molecule has 0 N–H and O–H groups in total. The molecular formula is C12H24NO+. The highest BCUT2D eigenvalue weighted by atomic mass is 16.1. The third kappa shape index (κ3) is 3.62. The third-order valence-corrected chi connectivity index (χ3v) is 3.30. The summed E-state index contributed by atoms with van der Waals surface area (Å²) in [4.78, 5) is 11.4. The molecule has 0 saturated carbocycles. The Bertz CT molecular complexity index is 196. The summed E-state index contributed by atoms with van der Waals surface area (Å²) in [6.07, 6.45) is 0.644. The molecule has 0 spiro atoms. The summed E-state index contributed by atoms with van der Waals surface area (Å²) in [6.45, 7) is 16.3. The average molecular weight is 198 g/mol. The molecule has 0 aromatic carbocycles. The lowest BCUT2D eigenvalue weighted by atomic mass is 10.1. The van der Waals surface area contributed by atoms with Crippen LogP contribution < -0.4 is 0 Å². The maximum Gasteiger partial charge on any atom is 0.163 e. The van der Waals surface area contributed by atoms with E-state index in [1.165, 1.54) is 0 Å². The van der Waals surface area contributed by atoms with Gasteiger partial charge in [-0.3, -0.25) is 4.79 Å². The minimum atomic E-state index is 0.211. The minimum Gasteiger partial charge on any atom is -0.324 e. The predicted octanol–water partition coefficient (Wildman–Crippen LogP) is 2.40. The third-order valence-electron chi connectivity index (χ3n) is 3.30. The Morgan fingerprint density at radius 1 is 1.14 bits per heavy atom. The van der Waals surface area contributed by atoms with Gasteiger partial charge < -0.3 is 4.48 Å². The average Bonchev–Trinajstić information content (AvgIpc) is 2.20. The van der Waals surface area contributed by atoms with Crippen molar-refractivity contribution in [3.63, 3.8) is 0 Å². The molecule has 0 radical (unpaired) electrons. The van der Waals surface area contributed by atoms with Gasteiger partial charge in [0.1, 0.15) is 0 Å². The lowest BCUT2D eigenvalue weighted by Gasteiger charge is -2.35. The van der Waals surface area contributed by atoms with Gasteiger partial charge in [-0.1, -0.05) is 6.58 Å². The number of hydrogen-bond donors (Lipinski definition) is 0. The summed E-state index contributed by atoms with van der Waals surface area (Å²) in [6, 6.07) is 0. The molecule has 0 bridgehead atoms. The van der Waals surface area contributed by atoms with Crippen molar-refractivity contribution in [1.29, 1.82) is 0 Å². The zero-order chi connectivity index (χ0) is 11.2. The number of rotatable bonds is 7. The van der Waals surface area contributed by atoms with Gasteiger partial charge in [0.05, 0.1) is 32.6 Å². The van der Waals surface area contributed by atoms with Gasteiger partial charge in [0.25, 0.3) is 0 Å². The highest BCUT2D eigenvalue weighted by Gasteiger charge is 2.21. The molecule has 0 aliphatic rings. The smallest absolute Gasteiger partial charge is 0.163 e. The van der Waals surface area contributed by atoms with Gasteiger partial charge in [-0.15, -0.1) is 0 Å². The van der Waals surface area contributed by atoms with E-state index < -0.39 is 0 Å². The largest absolute Gasteiger partial charge is 0.324 e. The summed E-state index contributed by atoms with van der Waals surface area (Å²) in [5.74, 6) is 0.211. The Morgan fingerprint density at radius 2 is 1.57 bits per heavy atom. The van der Waals surface area contributed by atoms with Gasteiger partial charge in [0.2, 0.25) is 0 Å². The standard InChI is InChI=1S/C12H24NO/c1-6-13(7-2,8-3)10-9-12(14)11(4)5/h4,6-10H2,1-3,5H3/q+1. The maximum atomic E-state index is 11.4. The second kappa shape index (κ2) is 5.97. The van der Waals surface area contributed by atoms with Gasteiger partial charge in [0.15, 0.2) is 5.78 Å². The van der Waals surface area contributed by atoms with E-state index in [2.05, 4.69) is 27.4 Å². The fraction of sp³-hybridized carbons (Fsp3) is 0.750. The predicted molar refractivity (Wildman–Crippen MR) is 61.2 cm³/mol. The molecular weight excluding hydrogens is 174 g/mol. The van der Waals surface area contributed by atoms with Crippen LogP contribution in [0.3, 0.4) is 0 Å². The molecule has 0 amide bonds. The molecule has 0 aliphatic heterocycles. The molecule has 0 rings (SSSR count). The number of quaternary nitrogens is 1. The zero-order valence-corrected chi connectivity index (χ0v) is 10.1. The second-order valence-electron chi connectivity index (χ2n) is 3.97. The molecule has 0 fully saturated rings. The van der Waals surface area contributed by atoms with Crippen LogP contribution in [0.4, 0.5) is 0 Å². The van der Waals surface area contributed by atoms with Crippen molar-refractivity contribution in [1.82, 2.24) is 0 Å². The van der Waals surface area contributed by atoms with Gasteiger partial charge in [0, 0.05) is 0 Å². The number of ketones is 1. The molecule has 0 aliphatic carbocycles. The minimum absolute atomic E-state index is 0.211. The van der Waals surface area contributed by atoms with Crippen molar-refractivity contribution in [3.8, 4) is 0 Å². The molecule has 0 unspecified atom stereocenters. The van der Waals surface area contributed by atoms with Crippen LogP contribution in [-0.4, -0.2) is 36.4 Å². The maximum absolute atomic E-state index is 11.4. The number of Topliss-reactive ketones (excluding diaryl/α,β-unsaturated/α-hetero) is 1. The Morgan fingerprint density at radius 3 is 1.86 bits per heavy atom. The first kappa shape index (κ1) is 13.4. The normalized spacial score (nSPS) is 11.4. The van der Waals surface area contributed by atoms with E-state index in [1.807, 2.05) is 0 Å². The fourth-order valence-corrected chi connectivity index (χ4v) is 1.70. The lowest BCUT2D eigenvalue weighted by molar-refractivity contribution is -0.922. The summed E-state index contributed by atoms with van der Waals surface area (Å²) < 4.78 is 1.04. The van der Waals surface area contributed by atoms with Crippen molar-refractivity contribution in [2.24, 2.45) is 0 Å². The molecule has 0 aromatic rings. The van der Waals surface area contributed by atoms with E-state index in [0.717, 1.165) is 30.7 Å². The number of allylic oxidation sites excluding steroid dienone is 1. The zero-order valence-electron chi connectivity index (χ0n) is 10.1. The van der Waals surface area contributed by atoms with Crippen molar-refractivity contribution in [2.45, 2.75) is 34.1 Å². The molecule has 82 valence electrons. The molecule has 0 atom stereocenters. The van der Waals surface area contributed by atoms with Gasteiger partial charge in [-0.05, 0) is 33.3 Å². The van der Waals surface area contributed by atoms with Crippen LogP contribution >= 0.6 is 0 Å². The summed E-state index contributed by atoms with van der Waals surface area (Å²) in [5.41, 5.74) is 0.686. The molecule has 2 heteroatoms. The van der Waals surface area contributed by atoms with Crippen LogP contribution in [0, 0.1) is 0 Å². The van der Waals surface area contributed by atoms with Crippen LogP contribution in [0.2, 0.25) is 0 Å². The summed E-state index contributed by atoms with van der Waals surface area (Å²) in [5, 5.41) is 0. The fourth-order valence-electron chi connectivity index (χ4n) is 1.70. The lowest BCUT2D eigenvalue weighted by Crippen LogP contribution is -2.48. The van der Waals surface area contributed by atoms with E-state index in [1.54, 1.807) is 6.92 Å². The summed E-state index contributed by atoms with van der Waals surface area (Å²) >= 11 is 0. The molecule has 0 heterocycles. The second-order valence-corrected chi connectivity index (χ2v) is 3.97. The number of carbonyl (C=O) groups excluding carboxylic acids is 1. The van der Waals surface area contributed by atoms with Gasteiger partial charge >= 0.3 is 0 Å². The Kier molecular flexibility index (Phi) is 5.70. The number of carbonyl (C=O) groups is 1. The van der Waals surface area contributed by atoms with E-state index >= 15 is 0 Å². The van der Waals surface area contributed by atoms with Crippen LogP contribution in [0.25, 0.3) is 0 Å². The monoisotopic (exact) mass is 198 g/mol. The molecule has 0 aromatic heterocycles. The first-order valence-corrected chi connectivity index (χ1v) is 5.55. The van der Waals surface area contributed by atoms with Crippen molar-refractivity contribution in [2.75, 3.05) is 26.2 Å². The van der Waals surface area contributed by atoms with E-state index in [0.29, 0.717) is 12.0 Å². The molecule has 2 nitrogen and oxygen atoms in total. The SMILES string of the molecule is C=C(C)C(=O)CC[N+](CC)(CC)CC. The van der Waals surface area contributed by atoms with Crippen molar-refractivity contribution in [3.05, 3.63) is 12.2 Å². The number of nitrogens with zero attached hydrogens (tertiary/aromatic N) is 1. The molecule has 0 saturated heterocycles. The van der Waals surface area contributed by atoms with Crippen LogP contribution in [0.15, 0.2) is 12.2 Å². The molecule has 14 heavy (non-hydrogen) atoms. The quantitative estimate of drug-likeness (QED) is 0.453. The van der Waals surface area contributed by atoms with Gasteiger partial charge in [-0.2, -0.15) is 0 Å². The van der Waals surface area contributed by atoms with Crippen LogP contribution in [-0.2, 0) is 4.79 Å². The van der Waals surface area contributed by atoms with E-state index in [4.69, 9.17) is 0 Å². The van der Waals surface area contributed by atoms with Crippen molar-refractivity contribution >= 4 is 5.78 Å². The van der Waals surface area contributed by atoms with Crippen LogP contribution in [0.5, 0.6) is 0 Å².